The Bertz CT molecular complexity index is 1240. The van der Waals surface area contributed by atoms with Gasteiger partial charge in [0.25, 0.3) is 11.5 Å². The minimum Gasteiger partial charge on any atom is -0.394 e. The number of hydrogen-bond acceptors (Lipinski definition) is 5. The number of aliphatic hydroxyl groups is 1. The van der Waals surface area contributed by atoms with Crippen molar-refractivity contribution in [2.75, 3.05) is 19.8 Å². The number of ether oxygens (including phenoxy) is 1. The van der Waals surface area contributed by atoms with Crippen LogP contribution in [0.25, 0.3) is 16.9 Å². The Hall–Kier alpha value is -3.14. The summed E-state index contributed by atoms with van der Waals surface area (Å²) in [5.41, 5.74) is -0.635. The Balaban J connectivity index is 1.81. The maximum Gasteiger partial charge on any atom is 0.284 e. The Morgan fingerprint density at radius 2 is 2.09 bits per heavy atom. The molecule has 1 saturated heterocycles. The van der Waals surface area contributed by atoms with Crippen molar-refractivity contribution in [3.63, 3.8) is 0 Å². The maximum absolute atomic E-state index is 14.1. The van der Waals surface area contributed by atoms with E-state index in [2.05, 4.69) is 10.4 Å². The molecule has 0 bridgehead atoms. The minimum atomic E-state index is -0.796. The summed E-state index contributed by atoms with van der Waals surface area (Å²) in [6.45, 7) is 0.563. The lowest BCUT2D eigenvalue weighted by atomic mass is 9.99. The standard InChI is InChI=1S/C23H20ClF2N3O4/c24-18-5-4-13(8-19(18)26)20-10-17(22(31)27-21(11-30)14-6-7-33-12-14)23(32)29(28-20)16-3-1-2-15(25)9-16/h1-5,8-10,14,21,30H,6-7,11-12H2,(H,27,31)/t14-,21+/m1/s1. The fourth-order valence-electron chi connectivity index (χ4n) is 3.67. The van der Waals surface area contributed by atoms with Gasteiger partial charge in [-0.3, -0.25) is 9.59 Å². The molecule has 10 heteroatoms. The van der Waals surface area contributed by atoms with Gasteiger partial charge in [0.1, 0.15) is 17.2 Å². The van der Waals surface area contributed by atoms with E-state index in [4.69, 9.17) is 16.3 Å². The second-order valence-corrected chi connectivity index (χ2v) is 8.06. The Kier molecular flexibility index (Phi) is 6.83. The summed E-state index contributed by atoms with van der Waals surface area (Å²) in [6.07, 6.45) is 0.657. The van der Waals surface area contributed by atoms with Gasteiger partial charge in [0.2, 0.25) is 0 Å². The number of aliphatic hydroxyl groups excluding tert-OH is 1. The van der Waals surface area contributed by atoms with Crippen LogP contribution in [0.1, 0.15) is 16.8 Å². The van der Waals surface area contributed by atoms with Crippen LogP contribution in [-0.4, -0.2) is 46.7 Å². The monoisotopic (exact) mass is 475 g/mol. The van der Waals surface area contributed by atoms with E-state index >= 15 is 0 Å². The van der Waals surface area contributed by atoms with Crippen LogP contribution in [-0.2, 0) is 4.74 Å². The van der Waals surface area contributed by atoms with Crippen molar-refractivity contribution in [1.82, 2.24) is 15.1 Å². The van der Waals surface area contributed by atoms with Gasteiger partial charge in [-0.2, -0.15) is 9.78 Å². The van der Waals surface area contributed by atoms with Crippen molar-refractivity contribution >= 4 is 17.5 Å². The van der Waals surface area contributed by atoms with Crippen LogP contribution in [0.3, 0.4) is 0 Å². The fourth-order valence-corrected chi connectivity index (χ4v) is 3.78. The number of amides is 1. The van der Waals surface area contributed by atoms with Gasteiger partial charge in [-0.05, 0) is 42.8 Å². The van der Waals surface area contributed by atoms with Crippen molar-refractivity contribution in [2.45, 2.75) is 12.5 Å². The van der Waals surface area contributed by atoms with Gasteiger partial charge in [0.15, 0.2) is 0 Å². The zero-order valence-electron chi connectivity index (χ0n) is 17.3. The third kappa shape index (κ3) is 4.95. The SMILES string of the molecule is O=C(N[C@@H](CO)[C@@H]1CCOC1)c1cc(-c2ccc(Cl)c(F)c2)nn(-c2cccc(F)c2)c1=O. The second kappa shape index (κ2) is 9.78. The molecule has 1 amide bonds. The van der Waals surface area contributed by atoms with Crippen molar-refractivity contribution in [3.05, 3.63) is 81.1 Å². The quantitative estimate of drug-likeness (QED) is 0.572. The van der Waals surface area contributed by atoms with Crippen LogP contribution in [0, 0.1) is 17.6 Å². The molecular weight excluding hydrogens is 456 g/mol. The molecule has 2 aromatic carbocycles. The Labute approximate surface area is 192 Å². The summed E-state index contributed by atoms with van der Waals surface area (Å²) >= 11 is 5.76. The molecule has 7 nitrogen and oxygen atoms in total. The summed E-state index contributed by atoms with van der Waals surface area (Å²) in [4.78, 5) is 26.2. The first-order valence-corrected chi connectivity index (χ1v) is 10.6. The normalized spacial score (nSPS) is 16.5. The van der Waals surface area contributed by atoms with Crippen molar-refractivity contribution in [2.24, 2.45) is 5.92 Å². The fraction of sp³-hybridized carbons (Fsp3) is 0.261. The molecule has 2 atom stereocenters. The van der Waals surface area contributed by atoms with E-state index in [1.807, 2.05) is 0 Å². The number of carbonyl (C=O) groups excluding carboxylic acids is 1. The van der Waals surface area contributed by atoms with Gasteiger partial charge in [-0.1, -0.05) is 23.7 Å². The van der Waals surface area contributed by atoms with E-state index in [9.17, 15) is 23.5 Å². The van der Waals surface area contributed by atoms with Crippen LogP contribution >= 0.6 is 11.6 Å². The van der Waals surface area contributed by atoms with E-state index in [0.717, 1.165) is 16.8 Å². The average Bonchev–Trinajstić information content (AvgIpc) is 3.34. The Morgan fingerprint density at radius 3 is 2.76 bits per heavy atom. The van der Waals surface area contributed by atoms with E-state index in [1.165, 1.54) is 36.4 Å². The molecule has 2 heterocycles. The lowest BCUT2D eigenvalue weighted by Gasteiger charge is -2.21. The summed E-state index contributed by atoms with van der Waals surface area (Å²) in [6, 6.07) is 9.70. The highest BCUT2D eigenvalue weighted by molar-refractivity contribution is 6.30. The molecule has 1 aliphatic rings. The third-order valence-electron chi connectivity index (χ3n) is 5.47. The van der Waals surface area contributed by atoms with Crippen LogP contribution in [0.2, 0.25) is 5.02 Å². The third-order valence-corrected chi connectivity index (χ3v) is 5.78. The lowest BCUT2D eigenvalue weighted by Crippen LogP contribution is -2.45. The largest absolute Gasteiger partial charge is 0.394 e. The molecule has 0 unspecified atom stereocenters. The van der Waals surface area contributed by atoms with E-state index < -0.39 is 29.1 Å². The molecule has 0 saturated carbocycles. The topological polar surface area (TPSA) is 93.4 Å². The number of aromatic nitrogens is 2. The van der Waals surface area contributed by atoms with Crippen LogP contribution < -0.4 is 10.9 Å². The first-order valence-electron chi connectivity index (χ1n) is 10.2. The van der Waals surface area contributed by atoms with Gasteiger partial charge >= 0.3 is 0 Å². The molecule has 0 aliphatic carbocycles. The maximum atomic E-state index is 14.1. The summed E-state index contributed by atoms with van der Waals surface area (Å²) in [5, 5.41) is 16.5. The molecule has 0 spiro atoms. The van der Waals surface area contributed by atoms with Crippen molar-refractivity contribution in [3.8, 4) is 16.9 Å². The van der Waals surface area contributed by atoms with Gasteiger partial charge in [-0.25, -0.2) is 8.78 Å². The number of nitrogens with zero attached hydrogens (tertiary/aromatic N) is 2. The van der Waals surface area contributed by atoms with Gasteiger partial charge < -0.3 is 15.2 Å². The Morgan fingerprint density at radius 1 is 1.27 bits per heavy atom. The number of rotatable bonds is 6. The molecule has 1 aromatic heterocycles. The number of halogens is 3. The molecule has 172 valence electrons. The number of hydrogen-bond donors (Lipinski definition) is 2. The highest BCUT2D eigenvalue weighted by Gasteiger charge is 2.28. The minimum absolute atomic E-state index is 0.0910. The molecular formula is C23H20ClF2N3O4. The zero-order valence-corrected chi connectivity index (χ0v) is 18.1. The highest BCUT2D eigenvalue weighted by atomic mass is 35.5. The van der Waals surface area contributed by atoms with Crippen LogP contribution in [0.5, 0.6) is 0 Å². The molecule has 4 rings (SSSR count). The van der Waals surface area contributed by atoms with Gasteiger partial charge in [0.05, 0.1) is 35.7 Å². The van der Waals surface area contributed by atoms with E-state index in [1.54, 1.807) is 0 Å². The molecule has 0 radical (unpaired) electrons. The molecule has 1 aliphatic heterocycles. The first-order chi connectivity index (χ1) is 15.9. The zero-order chi connectivity index (χ0) is 23.5. The summed E-state index contributed by atoms with van der Waals surface area (Å²) in [7, 11) is 0. The van der Waals surface area contributed by atoms with Crippen LogP contribution in [0.4, 0.5) is 8.78 Å². The summed E-state index contributed by atoms with van der Waals surface area (Å²) in [5.74, 6) is -2.14. The average molecular weight is 476 g/mol. The van der Waals surface area contributed by atoms with Gasteiger partial charge in [0, 0.05) is 18.1 Å². The van der Waals surface area contributed by atoms with Crippen LogP contribution in [0.15, 0.2) is 53.3 Å². The molecule has 3 aromatic rings. The number of carbonyl (C=O) groups is 1. The second-order valence-electron chi connectivity index (χ2n) is 7.66. The predicted molar refractivity (Wildman–Crippen MR) is 117 cm³/mol. The van der Waals surface area contributed by atoms with Crippen molar-refractivity contribution < 1.29 is 23.4 Å². The van der Waals surface area contributed by atoms with Crippen molar-refractivity contribution in [1.29, 1.82) is 0 Å². The highest BCUT2D eigenvalue weighted by Crippen LogP contribution is 2.24. The predicted octanol–water partition coefficient (Wildman–Crippen LogP) is 2.96. The number of benzene rings is 2. The van der Waals surface area contributed by atoms with E-state index in [0.29, 0.717) is 19.6 Å². The first kappa shape index (κ1) is 23.0. The summed E-state index contributed by atoms with van der Waals surface area (Å²) < 4.78 is 34.1. The van der Waals surface area contributed by atoms with E-state index in [-0.39, 0.29) is 40.1 Å². The van der Waals surface area contributed by atoms with Gasteiger partial charge in [-0.15, -0.1) is 0 Å². The molecule has 1 fully saturated rings. The molecule has 33 heavy (non-hydrogen) atoms. The smallest absolute Gasteiger partial charge is 0.284 e. The molecule has 2 N–H and O–H groups in total. The number of nitrogens with one attached hydrogen (secondary N) is 1. The lowest BCUT2D eigenvalue weighted by molar-refractivity contribution is 0.0875.